The predicted octanol–water partition coefficient (Wildman–Crippen LogP) is 4.42. The van der Waals surface area contributed by atoms with Gasteiger partial charge < -0.3 is 10.6 Å². The van der Waals surface area contributed by atoms with Crippen LogP contribution in [0.5, 0.6) is 0 Å². The fourth-order valence-corrected chi connectivity index (χ4v) is 2.49. The van der Waals surface area contributed by atoms with Gasteiger partial charge in [-0.3, -0.25) is 4.79 Å². The average molecular weight is 346 g/mol. The standard InChI is InChI=1S/C21H22N4O/c1-3-15(2)24-21(26)17-10-7-11-18(12-17)25-20-13-19(22-14-23-20)16-8-5-4-6-9-16/h4-15H,3H2,1-2H3,(H,24,26)(H,22,23,25)/t15-/m0/s1. The molecule has 1 heterocycles. The van der Waals surface area contributed by atoms with E-state index in [1.807, 2.05) is 68.4 Å². The second kappa shape index (κ2) is 8.25. The molecule has 5 nitrogen and oxygen atoms in total. The van der Waals surface area contributed by atoms with Gasteiger partial charge in [-0.1, -0.05) is 43.3 Å². The van der Waals surface area contributed by atoms with E-state index in [-0.39, 0.29) is 11.9 Å². The van der Waals surface area contributed by atoms with Gasteiger partial charge in [0.25, 0.3) is 5.91 Å². The van der Waals surface area contributed by atoms with Gasteiger partial charge >= 0.3 is 0 Å². The second-order valence-electron chi connectivity index (χ2n) is 6.14. The first-order valence-electron chi connectivity index (χ1n) is 8.71. The number of anilines is 2. The highest BCUT2D eigenvalue weighted by Gasteiger charge is 2.09. The normalized spacial score (nSPS) is 11.6. The van der Waals surface area contributed by atoms with Gasteiger partial charge in [-0.05, 0) is 31.5 Å². The monoisotopic (exact) mass is 346 g/mol. The van der Waals surface area contributed by atoms with Crippen LogP contribution in [-0.4, -0.2) is 21.9 Å². The summed E-state index contributed by atoms with van der Waals surface area (Å²) in [4.78, 5) is 20.9. The molecule has 2 aromatic carbocycles. The SMILES string of the molecule is CC[C@H](C)NC(=O)c1cccc(Nc2cc(-c3ccccc3)ncn2)c1. The Kier molecular flexibility index (Phi) is 5.59. The second-order valence-corrected chi connectivity index (χ2v) is 6.14. The molecule has 3 aromatic rings. The summed E-state index contributed by atoms with van der Waals surface area (Å²) < 4.78 is 0. The zero-order chi connectivity index (χ0) is 18.4. The minimum atomic E-state index is -0.0735. The summed E-state index contributed by atoms with van der Waals surface area (Å²) in [6, 6.07) is 19.4. The molecular formula is C21H22N4O. The topological polar surface area (TPSA) is 66.9 Å². The number of amides is 1. The van der Waals surface area contributed by atoms with Crippen molar-refractivity contribution in [3.63, 3.8) is 0 Å². The van der Waals surface area contributed by atoms with Crippen molar-refractivity contribution < 1.29 is 4.79 Å². The summed E-state index contributed by atoms with van der Waals surface area (Å²) in [7, 11) is 0. The number of carbonyl (C=O) groups is 1. The minimum absolute atomic E-state index is 0.0735. The Labute approximate surface area is 153 Å². The molecule has 0 bridgehead atoms. The molecule has 0 radical (unpaired) electrons. The van der Waals surface area contributed by atoms with Crippen LogP contribution in [0.4, 0.5) is 11.5 Å². The third-order valence-corrected chi connectivity index (χ3v) is 4.12. The molecule has 1 atom stereocenters. The van der Waals surface area contributed by atoms with E-state index in [9.17, 15) is 4.79 Å². The van der Waals surface area contributed by atoms with E-state index in [0.29, 0.717) is 11.4 Å². The molecule has 0 aliphatic heterocycles. The zero-order valence-electron chi connectivity index (χ0n) is 14.9. The van der Waals surface area contributed by atoms with Crippen molar-refractivity contribution in [1.82, 2.24) is 15.3 Å². The van der Waals surface area contributed by atoms with Crippen LogP contribution in [0.25, 0.3) is 11.3 Å². The van der Waals surface area contributed by atoms with Gasteiger partial charge in [0.05, 0.1) is 5.69 Å². The van der Waals surface area contributed by atoms with E-state index in [1.165, 1.54) is 6.33 Å². The van der Waals surface area contributed by atoms with Gasteiger partial charge in [0, 0.05) is 28.9 Å². The first-order valence-corrected chi connectivity index (χ1v) is 8.71. The first kappa shape index (κ1) is 17.6. The first-order chi connectivity index (χ1) is 12.7. The molecule has 0 aliphatic carbocycles. The minimum Gasteiger partial charge on any atom is -0.350 e. The Morgan fingerprint density at radius 2 is 1.85 bits per heavy atom. The molecule has 2 N–H and O–H groups in total. The smallest absolute Gasteiger partial charge is 0.251 e. The van der Waals surface area contributed by atoms with Gasteiger partial charge in [-0.15, -0.1) is 0 Å². The van der Waals surface area contributed by atoms with Gasteiger partial charge in [-0.25, -0.2) is 9.97 Å². The highest BCUT2D eigenvalue weighted by Crippen LogP contribution is 2.21. The highest BCUT2D eigenvalue weighted by molar-refractivity contribution is 5.95. The Morgan fingerprint density at radius 3 is 2.62 bits per heavy atom. The number of hydrogen-bond acceptors (Lipinski definition) is 4. The average Bonchev–Trinajstić information content (AvgIpc) is 2.69. The summed E-state index contributed by atoms with van der Waals surface area (Å²) in [6.45, 7) is 4.04. The van der Waals surface area contributed by atoms with Crippen LogP contribution in [0.3, 0.4) is 0 Å². The fourth-order valence-electron chi connectivity index (χ4n) is 2.49. The van der Waals surface area contributed by atoms with Crippen LogP contribution >= 0.6 is 0 Å². The van der Waals surface area contributed by atoms with Crippen LogP contribution in [-0.2, 0) is 0 Å². The molecule has 0 aliphatic rings. The zero-order valence-corrected chi connectivity index (χ0v) is 14.9. The van der Waals surface area contributed by atoms with Crippen LogP contribution in [0.1, 0.15) is 30.6 Å². The van der Waals surface area contributed by atoms with Gasteiger partial charge in [0.2, 0.25) is 0 Å². The van der Waals surface area contributed by atoms with E-state index in [1.54, 1.807) is 6.07 Å². The lowest BCUT2D eigenvalue weighted by molar-refractivity contribution is 0.0939. The molecular weight excluding hydrogens is 324 g/mol. The molecule has 132 valence electrons. The molecule has 0 fully saturated rings. The summed E-state index contributed by atoms with van der Waals surface area (Å²) >= 11 is 0. The fraction of sp³-hybridized carbons (Fsp3) is 0.190. The van der Waals surface area contributed by atoms with Crippen LogP contribution in [0, 0.1) is 0 Å². The predicted molar refractivity (Wildman–Crippen MR) is 104 cm³/mol. The Balaban J connectivity index is 1.77. The molecule has 0 saturated carbocycles. The van der Waals surface area contributed by atoms with E-state index in [0.717, 1.165) is 23.4 Å². The highest BCUT2D eigenvalue weighted by atomic mass is 16.1. The van der Waals surface area contributed by atoms with Crippen molar-refractivity contribution in [2.75, 3.05) is 5.32 Å². The van der Waals surface area contributed by atoms with Crippen LogP contribution in [0.2, 0.25) is 0 Å². The van der Waals surface area contributed by atoms with Crippen molar-refractivity contribution in [2.45, 2.75) is 26.3 Å². The maximum absolute atomic E-state index is 12.3. The lowest BCUT2D eigenvalue weighted by Gasteiger charge is -2.12. The number of hydrogen-bond donors (Lipinski definition) is 2. The number of nitrogens with zero attached hydrogens (tertiary/aromatic N) is 2. The van der Waals surface area contributed by atoms with Crippen LogP contribution < -0.4 is 10.6 Å². The molecule has 1 aromatic heterocycles. The molecule has 5 heteroatoms. The van der Waals surface area contributed by atoms with E-state index in [2.05, 4.69) is 20.6 Å². The number of benzene rings is 2. The number of rotatable bonds is 6. The Morgan fingerprint density at radius 1 is 1.04 bits per heavy atom. The molecule has 26 heavy (non-hydrogen) atoms. The Bertz CT molecular complexity index is 880. The lowest BCUT2D eigenvalue weighted by atomic mass is 10.1. The summed E-state index contributed by atoms with van der Waals surface area (Å²) in [5.74, 6) is 0.606. The van der Waals surface area contributed by atoms with Crippen molar-refractivity contribution in [3.05, 3.63) is 72.6 Å². The van der Waals surface area contributed by atoms with Gasteiger partial charge in [0.15, 0.2) is 0 Å². The molecule has 3 rings (SSSR count). The van der Waals surface area contributed by atoms with Crippen LogP contribution in [0.15, 0.2) is 67.0 Å². The third-order valence-electron chi connectivity index (χ3n) is 4.12. The van der Waals surface area contributed by atoms with Crippen molar-refractivity contribution in [2.24, 2.45) is 0 Å². The number of nitrogens with one attached hydrogen (secondary N) is 2. The van der Waals surface area contributed by atoms with Crippen molar-refractivity contribution in [1.29, 1.82) is 0 Å². The maximum Gasteiger partial charge on any atom is 0.251 e. The Hall–Kier alpha value is -3.21. The van der Waals surface area contributed by atoms with E-state index < -0.39 is 0 Å². The van der Waals surface area contributed by atoms with Gasteiger partial charge in [-0.2, -0.15) is 0 Å². The summed E-state index contributed by atoms with van der Waals surface area (Å²) in [5.41, 5.74) is 3.29. The maximum atomic E-state index is 12.3. The summed E-state index contributed by atoms with van der Waals surface area (Å²) in [5, 5.41) is 6.22. The summed E-state index contributed by atoms with van der Waals surface area (Å²) in [6.07, 6.45) is 2.43. The largest absolute Gasteiger partial charge is 0.350 e. The van der Waals surface area contributed by atoms with Crippen molar-refractivity contribution in [3.8, 4) is 11.3 Å². The number of aromatic nitrogens is 2. The molecule has 0 spiro atoms. The third kappa shape index (κ3) is 4.45. The quantitative estimate of drug-likeness (QED) is 0.693. The molecule has 0 unspecified atom stereocenters. The van der Waals surface area contributed by atoms with E-state index in [4.69, 9.17) is 0 Å². The molecule has 0 saturated heterocycles. The van der Waals surface area contributed by atoms with Gasteiger partial charge in [0.1, 0.15) is 12.1 Å². The van der Waals surface area contributed by atoms with E-state index >= 15 is 0 Å². The lowest BCUT2D eigenvalue weighted by Crippen LogP contribution is -2.31. The van der Waals surface area contributed by atoms with Crippen molar-refractivity contribution >= 4 is 17.4 Å². The molecule has 1 amide bonds. The number of carbonyl (C=O) groups excluding carboxylic acids is 1.